The first kappa shape index (κ1) is 14.5. The number of methoxy groups -OCH3 is 1. The minimum atomic E-state index is 0.765. The van der Waals surface area contributed by atoms with Gasteiger partial charge in [0.15, 0.2) is 0 Å². The molecule has 3 rings (SSSR count). The molecule has 0 fully saturated rings. The molecule has 0 bridgehead atoms. The quantitative estimate of drug-likeness (QED) is 0.922. The van der Waals surface area contributed by atoms with Crippen LogP contribution in [0, 0.1) is 0 Å². The van der Waals surface area contributed by atoms with E-state index in [2.05, 4.69) is 17.0 Å². The van der Waals surface area contributed by atoms with Crippen molar-refractivity contribution in [2.24, 2.45) is 5.73 Å². The van der Waals surface area contributed by atoms with Crippen LogP contribution in [0.4, 0.5) is 0 Å². The van der Waals surface area contributed by atoms with Crippen LogP contribution in [0.3, 0.4) is 0 Å². The maximum absolute atomic E-state index is 5.60. The van der Waals surface area contributed by atoms with Crippen molar-refractivity contribution in [2.75, 3.05) is 26.7 Å². The van der Waals surface area contributed by atoms with Gasteiger partial charge >= 0.3 is 0 Å². The second kappa shape index (κ2) is 6.56. The largest absolute Gasteiger partial charge is 0.497 e. The smallest absolute Gasteiger partial charge is 0.124 e. The zero-order valence-corrected chi connectivity index (χ0v) is 13.2. The van der Waals surface area contributed by atoms with Gasteiger partial charge in [0.05, 0.1) is 12.8 Å². The van der Waals surface area contributed by atoms with Gasteiger partial charge < -0.3 is 10.5 Å². The normalized spacial score (nSPS) is 15.0. The third-order valence-electron chi connectivity index (χ3n) is 3.81. The molecule has 1 aliphatic heterocycles. The van der Waals surface area contributed by atoms with Crippen molar-refractivity contribution in [1.82, 2.24) is 9.88 Å². The Hall–Kier alpha value is -1.43. The molecule has 112 valence electrons. The zero-order chi connectivity index (χ0) is 14.7. The highest BCUT2D eigenvalue weighted by Crippen LogP contribution is 2.33. The van der Waals surface area contributed by atoms with Crippen molar-refractivity contribution in [3.63, 3.8) is 0 Å². The molecule has 2 aromatic rings. The second-order valence-corrected chi connectivity index (χ2v) is 6.37. The lowest BCUT2D eigenvalue weighted by atomic mass is 10.1. The van der Waals surface area contributed by atoms with E-state index in [1.54, 1.807) is 18.4 Å². The number of fused-ring (bicyclic) bond motifs is 1. The molecule has 0 saturated carbocycles. The molecule has 0 spiro atoms. The molecule has 1 aliphatic rings. The highest BCUT2D eigenvalue weighted by molar-refractivity contribution is 7.15. The Labute approximate surface area is 129 Å². The van der Waals surface area contributed by atoms with Crippen LogP contribution in [0.1, 0.15) is 17.0 Å². The molecule has 21 heavy (non-hydrogen) atoms. The summed E-state index contributed by atoms with van der Waals surface area (Å²) in [7, 11) is 1.70. The first-order chi connectivity index (χ1) is 10.3. The van der Waals surface area contributed by atoms with Crippen LogP contribution >= 0.6 is 11.3 Å². The molecule has 0 atom stereocenters. The lowest BCUT2D eigenvalue weighted by Crippen LogP contribution is -2.31. The van der Waals surface area contributed by atoms with Gasteiger partial charge in [-0.2, -0.15) is 0 Å². The van der Waals surface area contributed by atoms with E-state index in [0.29, 0.717) is 0 Å². The number of aromatic nitrogens is 1. The summed E-state index contributed by atoms with van der Waals surface area (Å²) in [6, 6.07) is 8.13. The van der Waals surface area contributed by atoms with E-state index in [-0.39, 0.29) is 0 Å². The maximum atomic E-state index is 5.60. The Balaban J connectivity index is 1.79. The molecule has 1 aromatic carbocycles. The van der Waals surface area contributed by atoms with E-state index in [9.17, 15) is 0 Å². The predicted molar refractivity (Wildman–Crippen MR) is 86.8 cm³/mol. The van der Waals surface area contributed by atoms with Gasteiger partial charge in [-0.15, -0.1) is 11.3 Å². The van der Waals surface area contributed by atoms with Crippen LogP contribution in [0.2, 0.25) is 0 Å². The Kier molecular flexibility index (Phi) is 4.53. The Morgan fingerprint density at radius 2 is 2.33 bits per heavy atom. The number of nitrogens with two attached hydrogens (primary N) is 1. The van der Waals surface area contributed by atoms with E-state index < -0.39 is 0 Å². The fourth-order valence-corrected chi connectivity index (χ4v) is 3.78. The molecule has 1 aromatic heterocycles. The highest BCUT2D eigenvalue weighted by Gasteiger charge is 2.20. The monoisotopic (exact) mass is 303 g/mol. The molecular formula is C16H21N3OS. The number of ether oxygens (including phenoxy) is 1. The molecule has 2 heterocycles. The molecule has 0 aliphatic carbocycles. The van der Waals surface area contributed by atoms with Crippen LogP contribution in [0.25, 0.3) is 10.6 Å². The van der Waals surface area contributed by atoms with Crippen LogP contribution in [-0.4, -0.2) is 36.6 Å². The number of benzene rings is 1. The molecule has 0 amide bonds. The fraction of sp³-hybridized carbons (Fsp3) is 0.438. The van der Waals surface area contributed by atoms with Gasteiger partial charge in [0.1, 0.15) is 10.8 Å². The van der Waals surface area contributed by atoms with E-state index in [4.69, 9.17) is 15.5 Å². The highest BCUT2D eigenvalue weighted by atomic mass is 32.1. The van der Waals surface area contributed by atoms with Gasteiger partial charge in [-0.05, 0) is 31.6 Å². The Morgan fingerprint density at radius 3 is 3.14 bits per heavy atom. The minimum Gasteiger partial charge on any atom is -0.497 e. The van der Waals surface area contributed by atoms with Crippen molar-refractivity contribution in [3.05, 3.63) is 34.8 Å². The first-order valence-electron chi connectivity index (χ1n) is 7.35. The zero-order valence-electron chi connectivity index (χ0n) is 12.3. The molecule has 0 saturated heterocycles. The van der Waals surface area contributed by atoms with Gasteiger partial charge in [0.25, 0.3) is 0 Å². The third-order valence-corrected chi connectivity index (χ3v) is 4.94. The Bertz CT molecular complexity index is 611. The number of hydrogen-bond donors (Lipinski definition) is 1. The number of rotatable bonds is 5. The fourth-order valence-electron chi connectivity index (χ4n) is 2.63. The summed E-state index contributed by atoms with van der Waals surface area (Å²) in [5, 5.41) is 1.10. The summed E-state index contributed by atoms with van der Waals surface area (Å²) in [5.41, 5.74) is 8.01. The molecule has 4 nitrogen and oxygen atoms in total. The van der Waals surface area contributed by atoms with Gasteiger partial charge in [-0.25, -0.2) is 4.98 Å². The van der Waals surface area contributed by atoms with Gasteiger partial charge in [-0.1, -0.05) is 12.1 Å². The maximum Gasteiger partial charge on any atom is 0.124 e. The van der Waals surface area contributed by atoms with E-state index in [0.717, 1.165) is 55.3 Å². The molecule has 0 radical (unpaired) electrons. The molecule has 5 heteroatoms. The van der Waals surface area contributed by atoms with E-state index in [1.165, 1.54) is 10.6 Å². The predicted octanol–water partition coefficient (Wildman–Crippen LogP) is 2.53. The summed E-state index contributed by atoms with van der Waals surface area (Å²) in [4.78, 5) is 8.70. The van der Waals surface area contributed by atoms with E-state index in [1.807, 2.05) is 12.1 Å². The van der Waals surface area contributed by atoms with Gasteiger partial charge in [-0.3, -0.25) is 4.90 Å². The minimum absolute atomic E-state index is 0.765. The third kappa shape index (κ3) is 3.26. The molecular weight excluding hydrogens is 282 g/mol. The van der Waals surface area contributed by atoms with E-state index >= 15 is 0 Å². The van der Waals surface area contributed by atoms with Crippen molar-refractivity contribution < 1.29 is 4.74 Å². The van der Waals surface area contributed by atoms with Crippen LogP contribution < -0.4 is 10.5 Å². The Morgan fingerprint density at radius 1 is 1.43 bits per heavy atom. The molecule has 2 N–H and O–H groups in total. The summed E-state index contributed by atoms with van der Waals surface area (Å²) < 4.78 is 5.30. The SMILES string of the molecule is COc1cccc(-c2nc3c(s2)CN(CCCN)CC3)c1. The first-order valence-corrected chi connectivity index (χ1v) is 8.17. The average molecular weight is 303 g/mol. The number of hydrogen-bond acceptors (Lipinski definition) is 5. The average Bonchev–Trinajstić information content (AvgIpc) is 2.96. The number of thiazole rings is 1. The van der Waals surface area contributed by atoms with Crippen molar-refractivity contribution in [1.29, 1.82) is 0 Å². The lowest BCUT2D eigenvalue weighted by Gasteiger charge is -2.25. The standard InChI is InChI=1S/C16H21N3OS/c1-20-13-5-2-4-12(10-13)16-18-14-6-9-19(8-3-7-17)11-15(14)21-16/h2,4-5,10H,3,6-9,11,17H2,1H3. The van der Waals surface area contributed by atoms with Crippen LogP contribution in [0.5, 0.6) is 5.75 Å². The topological polar surface area (TPSA) is 51.4 Å². The van der Waals surface area contributed by atoms with Gasteiger partial charge in [0, 0.05) is 30.0 Å². The summed E-state index contributed by atoms with van der Waals surface area (Å²) in [6.45, 7) is 3.95. The van der Waals surface area contributed by atoms with Crippen molar-refractivity contribution in [2.45, 2.75) is 19.4 Å². The van der Waals surface area contributed by atoms with Crippen LogP contribution in [0.15, 0.2) is 24.3 Å². The van der Waals surface area contributed by atoms with Gasteiger partial charge in [0.2, 0.25) is 0 Å². The van der Waals surface area contributed by atoms with Crippen molar-refractivity contribution in [3.8, 4) is 16.3 Å². The number of nitrogens with zero attached hydrogens (tertiary/aromatic N) is 2. The summed E-state index contributed by atoms with van der Waals surface area (Å²) in [5.74, 6) is 0.880. The second-order valence-electron chi connectivity index (χ2n) is 5.29. The lowest BCUT2D eigenvalue weighted by molar-refractivity contribution is 0.254. The summed E-state index contributed by atoms with van der Waals surface area (Å²) in [6.07, 6.45) is 2.11. The summed E-state index contributed by atoms with van der Waals surface area (Å²) >= 11 is 1.81. The van der Waals surface area contributed by atoms with Crippen molar-refractivity contribution >= 4 is 11.3 Å². The molecule has 0 unspecified atom stereocenters. The van der Waals surface area contributed by atoms with Crippen LogP contribution in [-0.2, 0) is 13.0 Å².